The quantitative estimate of drug-likeness (QED) is 0.478. The van der Waals surface area contributed by atoms with Gasteiger partial charge in [0.2, 0.25) is 5.91 Å². The number of carbonyl (C=O) groups excluding carboxylic acids is 1. The van der Waals surface area contributed by atoms with Crippen LogP contribution in [0.25, 0.3) is 0 Å². The smallest absolute Gasteiger partial charge is 0.244 e. The van der Waals surface area contributed by atoms with Gasteiger partial charge in [-0.3, -0.25) is 4.79 Å². The number of halogens is 1. The third kappa shape index (κ3) is 5.59. The van der Waals surface area contributed by atoms with E-state index >= 15 is 0 Å². The number of anilines is 1. The van der Waals surface area contributed by atoms with Crippen molar-refractivity contribution >= 4 is 29.4 Å². The first-order valence-electron chi connectivity index (χ1n) is 7.56. The van der Waals surface area contributed by atoms with E-state index in [1.165, 1.54) is 6.21 Å². The fraction of sp³-hybridized carbons (Fsp3) is 0.222. The molecular weight excluding hydrogens is 326 g/mol. The number of nitrogens with one attached hydrogen (secondary N) is 1. The molecule has 0 aromatic heterocycles. The number of nitrogen functional groups attached to an aromatic ring is 1. The van der Waals surface area contributed by atoms with E-state index in [1.807, 2.05) is 32.0 Å². The molecule has 6 heteroatoms. The molecule has 0 aliphatic heterocycles. The Kier molecular flexibility index (Phi) is 6.21. The molecule has 126 valence electrons. The third-order valence-electron chi connectivity index (χ3n) is 3.07. The molecule has 0 saturated heterocycles. The van der Waals surface area contributed by atoms with Gasteiger partial charge < -0.3 is 10.5 Å². The molecule has 0 bridgehead atoms. The van der Waals surface area contributed by atoms with Crippen LogP contribution in [0.5, 0.6) is 5.75 Å². The van der Waals surface area contributed by atoms with Crippen LogP contribution >= 0.6 is 11.6 Å². The normalized spacial score (nSPS) is 11.0. The van der Waals surface area contributed by atoms with E-state index in [1.54, 1.807) is 24.3 Å². The monoisotopic (exact) mass is 345 g/mol. The molecule has 0 unspecified atom stereocenters. The van der Waals surface area contributed by atoms with Gasteiger partial charge in [-0.1, -0.05) is 23.7 Å². The van der Waals surface area contributed by atoms with Gasteiger partial charge in [0, 0.05) is 5.69 Å². The lowest BCUT2D eigenvalue weighted by atomic mass is 10.1. The van der Waals surface area contributed by atoms with E-state index in [2.05, 4.69) is 10.5 Å². The van der Waals surface area contributed by atoms with Gasteiger partial charge >= 0.3 is 0 Å². The van der Waals surface area contributed by atoms with Gasteiger partial charge in [-0.05, 0) is 55.3 Å². The average molecular weight is 346 g/mol. The maximum absolute atomic E-state index is 11.8. The molecule has 0 saturated carbocycles. The Balaban J connectivity index is 1.90. The molecular formula is C18H20ClN3O2. The minimum absolute atomic E-state index is 0.0506. The third-order valence-corrected chi connectivity index (χ3v) is 3.36. The molecule has 0 aliphatic rings. The van der Waals surface area contributed by atoms with Gasteiger partial charge in [0.1, 0.15) is 5.75 Å². The summed E-state index contributed by atoms with van der Waals surface area (Å²) in [5.74, 6) is 0.415. The van der Waals surface area contributed by atoms with Crippen molar-refractivity contribution in [3.8, 4) is 5.75 Å². The summed E-state index contributed by atoms with van der Waals surface area (Å²) in [6.45, 7) is 3.87. The molecule has 0 radical (unpaired) electrons. The van der Waals surface area contributed by atoms with Crippen molar-refractivity contribution in [3.05, 3.63) is 58.6 Å². The number of nitrogens with two attached hydrogens (primary N) is 1. The van der Waals surface area contributed by atoms with Crippen LogP contribution in [0, 0.1) is 0 Å². The molecule has 24 heavy (non-hydrogen) atoms. The Morgan fingerprint density at radius 3 is 2.62 bits per heavy atom. The lowest BCUT2D eigenvalue weighted by Crippen LogP contribution is -2.19. The summed E-state index contributed by atoms with van der Waals surface area (Å²) in [5, 5.41) is 4.44. The number of rotatable bonds is 6. The molecule has 0 aliphatic carbocycles. The highest BCUT2D eigenvalue weighted by molar-refractivity contribution is 6.32. The molecule has 3 N–H and O–H groups in total. The molecule has 0 heterocycles. The fourth-order valence-corrected chi connectivity index (χ4v) is 2.22. The number of ether oxygens (including phenoxy) is 1. The topological polar surface area (TPSA) is 76.7 Å². The highest BCUT2D eigenvalue weighted by Crippen LogP contribution is 2.25. The van der Waals surface area contributed by atoms with Crippen LogP contribution in [-0.4, -0.2) is 18.2 Å². The van der Waals surface area contributed by atoms with E-state index in [0.717, 1.165) is 11.1 Å². The minimum atomic E-state index is -0.207. The SMILES string of the molecule is CC(C)Oc1ccc(/C=N\NC(=O)Cc2ccc(N)cc2)cc1Cl. The van der Waals surface area contributed by atoms with Gasteiger partial charge in [-0.15, -0.1) is 0 Å². The summed E-state index contributed by atoms with van der Waals surface area (Å²) in [5.41, 5.74) is 10.4. The van der Waals surface area contributed by atoms with Crippen LogP contribution in [0.1, 0.15) is 25.0 Å². The summed E-state index contributed by atoms with van der Waals surface area (Å²) in [6.07, 6.45) is 1.82. The number of benzene rings is 2. The standard InChI is InChI=1S/C18H20ClN3O2/c1-12(2)24-17-8-5-14(9-16(17)19)11-21-22-18(23)10-13-3-6-15(20)7-4-13/h3-9,11-12H,10,20H2,1-2H3,(H,22,23)/b21-11-. The number of nitrogens with zero attached hydrogens (tertiary/aromatic N) is 1. The van der Waals surface area contributed by atoms with Crippen molar-refractivity contribution in [2.24, 2.45) is 5.10 Å². The molecule has 5 nitrogen and oxygen atoms in total. The molecule has 2 aromatic carbocycles. The lowest BCUT2D eigenvalue weighted by molar-refractivity contribution is -0.120. The molecule has 1 amide bonds. The number of hydrazone groups is 1. The van der Waals surface area contributed by atoms with Crippen molar-refractivity contribution < 1.29 is 9.53 Å². The molecule has 0 atom stereocenters. The van der Waals surface area contributed by atoms with Crippen molar-refractivity contribution in [3.63, 3.8) is 0 Å². The van der Waals surface area contributed by atoms with Gasteiger partial charge in [0.15, 0.2) is 0 Å². The summed E-state index contributed by atoms with van der Waals surface area (Å²) < 4.78 is 5.56. The summed E-state index contributed by atoms with van der Waals surface area (Å²) in [6, 6.07) is 12.5. The Morgan fingerprint density at radius 2 is 2.00 bits per heavy atom. The Bertz CT molecular complexity index is 728. The van der Waals surface area contributed by atoms with Crippen LogP contribution < -0.4 is 15.9 Å². The summed E-state index contributed by atoms with van der Waals surface area (Å²) >= 11 is 6.15. The number of hydrogen-bond acceptors (Lipinski definition) is 4. The highest BCUT2D eigenvalue weighted by atomic mass is 35.5. The average Bonchev–Trinajstić information content (AvgIpc) is 2.52. The Hall–Kier alpha value is -2.53. The highest BCUT2D eigenvalue weighted by Gasteiger charge is 2.05. The first-order valence-corrected chi connectivity index (χ1v) is 7.94. The maximum Gasteiger partial charge on any atom is 0.244 e. The zero-order chi connectivity index (χ0) is 17.5. The largest absolute Gasteiger partial charge is 0.489 e. The zero-order valence-corrected chi connectivity index (χ0v) is 14.4. The van der Waals surface area contributed by atoms with E-state index < -0.39 is 0 Å². The second-order valence-electron chi connectivity index (χ2n) is 5.57. The van der Waals surface area contributed by atoms with Crippen molar-refractivity contribution in [2.45, 2.75) is 26.4 Å². The van der Waals surface area contributed by atoms with E-state index in [4.69, 9.17) is 22.1 Å². The minimum Gasteiger partial charge on any atom is -0.489 e. The van der Waals surface area contributed by atoms with Crippen molar-refractivity contribution in [1.82, 2.24) is 5.43 Å². The fourth-order valence-electron chi connectivity index (χ4n) is 1.99. The predicted octanol–water partition coefficient (Wildman–Crippen LogP) is 3.40. The second-order valence-corrected chi connectivity index (χ2v) is 5.98. The lowest BCUT2D eigenvalue weighted by Gasteiger charge is -2.11. The number of amides is 1. The van der Waals surface area contributed by atoms with Gasteiger partial charge in [-0.25, -0.2) is 5.43 Å². The van der Waals surface area contributed by atoms with Crippen LogP contribution in [0.15, 0.2) is 47.6 Å². The van der Waals surface area contributed by atoms with Crippen molar-refractivity contribution in [2.75, 3.05) is 5.73 Å². The number of carbonyl (C=O) groups is 1. The van der Waals surface area contributed by atoms with Crippen LogP contribution in [0.2, 0.25) is 5.02 Å². The van der Waals surface area contributed by atoms with Crippen LogP contribution in [-0.2, 0) is 11.2 Å². The second kappa shape index (κ2) is 8.36. The van der Waals surface area contributed by atoms with Crippen LogP contribution in [0.3, 0.4) is 0 Å². The summed E-state index contributed by atoms with van der Waals surface area (Å²) in [4.78, 5) is 11.8. The van der Waals surface area contributed by atoms with Gasteiger partial charge in [0.05, 0.1) is 23.8 Å². The number of hydrogen-bond donors (Lipinski definition) is 2. The first kappa shape index (κ1) is 17.8. The zero-order valence-electron chi connectivity index (χ0n) is 13.6. The summed E-state index contributed by atoms with van der Waals surface area (Å²) in [7, 11) is 0. The van der Waals surface area contributed by atoms with Gasteiger partial charge in [-0.2, -0.15) is 5.10 Å². The first-order chi connectivity index (χ1) is 11.4. The predicted molar refractivity (Wildman–Crippen MR) is 97.5 cm³/mol. The Morgan fingerprint density at radius 1 is 1.29 bits per heavy atom. The van der Waals surface area contributed by atoms with Crippen LogP contribution in [0.4, 0.5) is 5.69 Å². The molecule has 2 rings (SSSR count). The van der Waals surface area contributed by atoms with E-state index in [0.29, 0.717) is 16.5 Å². The van der Waals surface area contributed by atoms with Crippen molar-refractivity contribution in [1.29, 1.82) is 0 Å². The van der Waals surface area contributed by atoms with E-state index in [-0.39, 0.29) is 18.4 Å². The molecule has 0 fully saturated rings. The maximum atomic E-state index is 11.8. The molecule has 0 spiro atoms. The Labute approximate surface area is 146 Å². The molecule has 2 aromatic rings. The van der Waals surface area contributed by atoms with E-state index in [9.17, 15) is 4.79 Å². The van der Waals surface area contributed by atoms with Gasteiger partial charge in [0.25, 0.3) is 0 Å².